The van der Waals surface area contributed by atoms with Gasteiger partial charge >= 0.3 is 5.97 Å². The maximum Gasteiger partial charge on any atom is 0.321 e. The van der Waals surface area contributed by atoms with Gasteiger partial charge in [0.2, 0.25) is 0 Å². The zero-order valence-electron chi connectivity index (χ0n) is 11.0. The fourth-order valence-corrected chi connectivity index (χ4v) is 3.58. The van der Waals surface area contributed by atoms with Crippen LogP contribution in [-0.4, -0.2) is 96.2 Å². The Balaban J connectivity index is 1.75. The number of carboxylic acid groups (broad SMARTS) is 1. The Morgan fingerprint density at radius 3 is 2.61 bits per heavy atom. The number of carbonyl (C=O) groups is 1. The van der Waals surface area contributed by atoms with Crippen molar-refractivity contribution >= 4 is 17.7 Å². The first-order chi connectivity index (χ1) is 8.66. The van der Waals surface area contributed by atoms with E-state index in [2.05, 4.69) is 21.7 Å². The summed E-state index contributed by atoms with van der Waals surface area (Å²) in [5.74, 6) is 1.13. The Kier molecular flexibility index (Phi) is 5.29. The van der Waals surface area contributed by atoms with E-state index in [1.807, 2.05) is 0 Å². The molecular weight excluding hydrogens is 250 g/mol. The molecule has 2 rings (SSSR count). The second kappa shape index (κ2) is 6.75. The number of nitrogens with zero attached hydrogens (tertiary/aromatic N) is 3. The monoisotopic (exact) mass is 273 g/mol. The third-order valence-electron chi connectivity index (χ3n) is 3.82. The van der Waals surface area contributed by atoms with Crippen LogP contribution in [-0.2, 0) is 4.79 Å². The summed E-state index contributed by atoms with van der Waals surface area (Å²) >= 11 is 1.75. The van der Waals surface area contributed by atoms with Gasteiger partial charge in [-0.15, -0.1) is 0 Å². The minimum Gasteiger partial charge on any atom is -0.480 e. The number of aliphatic carboxylic acids is 1. The number of likely N-dealkylation sites (N-methyl/N-ethyl adjacent to an activating group) is 1. The number of carboxylic acids is 1. The molecule has 2 heterocycles. The van der Waals surface area contributed by atoms with Crippen LogP contribution in [0, 0.1) is 0 Å². The Hall–Kier alpha value is -0.300. The molecule has 0 radical (unpaired) electrons. The van der Waals surface area contributed by atoms with Crippen LogP contribution in [0.25, 0.3) is 0 Å². The molecule has 1 atom stereocenters. The van der Waals surface area contributed by atoms with Gasteiger partial charge in [0.05, 0.1) is 0 Å². The first kappa shape index (κ1) is 14.1. The van der Waals surface area contributed by atoms with E-state index >= 15 is 0 Å². The van der Waals surface area contributed by atoms with E-state index in [0.717, 1.165) is 57.3 Å². The zero-order chi connectivity index (χ0) is 13.0. The third kappa shape index (κ3) is 3.85. The molecule has 1 N–H and O–H groups in total. The summed E-state index contributed by atoms with van der Waals surface area (Å²) in [5, 5.41) is 9.21. The summed E-state index contributed by atoms with van der Waals surface area (Å²) in [6.07, 6.45) is 0. The minimum atomic E-state index is -0.666. The molecule has 0 aromatic rings. The van der Waals surface area contributed by atoms with Crippen LogP contribution in [0.5, 0.6) is 0 Å². The van der Waals surface area contributed by atoms with Gasteiger partial charge in [0.25, 0.3) is 0 Å². The van der Waals surface area contributed by atoms with Crippen molar-refractivity contribution in [1.29, 1.82) is 0 Å². The summed E-state index contributed by atoms with van der Waals surface area (Å²) in [4.78, 5) is 18.1. The fraction of sp³-hybridized carbons (Fsp3) is 0.917. The molecule has 2 aliphatic rings. The normalized spacial score (nSPS) is 28.4. The average molecular weight is 273 g/mol. The second-order valence-corrected chi connectivity index (χ2v) is 6.26. The molecule has 2 saturated heterocycles. The molecule has 0 aromatic carbocycles. The molecule has 0 aliphatic carbocycles. The highest BCUT2D eigenvalue weighted by molar-refractivity contribution is 7.99. The van der Waals surface area contributed by atoms with Gasteiger partial charge in [0.1, 0.15) is 6.04 Å². The van der Waals surface area contributed by atoms with Crippen molar-refractivity contribution in [2.45, 2.75) is 6.04 Å². The van der Waals surface area contributed by atoms with Crippen molar-refractivity contribution in [3.63, 3.8) is 0 Å². The SMILES string of the molecule is CN1CCN(CCN2CCSCC2C(=O)O)CC1. The first-order valence-electron chi connectivity index (χ1n) is 6.62. The first-order valence-corrected chi connectivity index (χ1v) is 7.78. The van der Waals surface area contributed by atoms with Gasteiger partial charge in [-0.05, 0) is 7.05 Å². The highest BCUT2D eigenvalue weighted by atomic mass is 32.2. The number of rotatable bonds is 4. The van der Waals surface area contributed by atoms with Crippen LogP contribution in [0.4, 0.5) is 0 Å². The molecule has 0 aromatic heterocycles. The zero-order valence-corrected chi connectivity index (χ0v) is 11.9. The molecular formula is C12H23N3O2S. The van der Waals surface area contributed by atoms with E-state index in [-0.39, 0.29) is 6.04 Å². The van der Waals surface area contributed by atoms with E-state index in [4.69, 9.17) is 0 Å². The van der Waals surface area contributed by atoms with Gasteiger partial charge in [0, 0.05) is 57.3 Å². The Morgan fingerprint density at radius 1 is 1.22 bits per heavy atom. The van der Waals surface area contributed by atoms with Crippen LogP contribution >= 0.6 is 11.8 Å². The van der Waals surface area contributed by atoms with Crippen LogP contribution in [0.3, 0.4) is 0 Å². The summed E-state index contributed by atoms with van der Waals surface area (Å²) < 4.78 is 0. The van der Waals surface area contributed by atoms with Crippen molar-refractivity contribution in [2.75, 3.05) is 64.4 Å². The van der Waals surface area contributed by atoms with E-state index in [9.17, 15) is 9.90 Å². The number of piperazine rings is 1. The smallest absolute Gasteiger partial charge is 0.321 e. The Bertz CT molecular complexity index is 282. The predicted molar refractivity (Wildman–Crippen MR) is 74.3 cm³/mol. The van der Waals surface area contributed by atoms with Crippen LogP contribution < -0.4 is 0 Å². The molecule has 2 fully saturated rings. The molecule has 18 heavy (non-hydrogen) atoms. The predicted octanol–water partition coefficient (Wildman–Crippen LogP) is -0.264. The van der Waals surface area contributed by atoms with E-state index in [1.165, 1.54) is 0 Å². The van der Waals surface area contributed by atoms with Gasteiger partial charge in [-0.1, -0.05) is 0 Å². The summed E-state index contributed by atoms with van der Waals surface area (Å²) in [7, 11) is 2.15. The lowest BCUT2D eigenvalue weighted by molar-refractivity contribution is -0.142. The number of hydrogen-bond donors (Lipinski definition) is 1. The molecule has 0 saturated carbocycles. The quantitative estimate of drug-likeness (QED) is 0.761. The van der Waals surface area contributed by atoms with E-state index < -0.39 is 5.97 Å². The lowest BCUT2D eigenvalue weighted by atomic mass is 10.2. The van der Waals surface area contributed by atoms with Gasteiger partial charge in [-0.25, -0.2) is 0 Å². The molecule has 0 amide bonds. The highest BCUT2D eigenvalue weighted by Gasteiger charge is 2.28. The van der Waals surface area contributed by atoms with E-state index in [0.29, 0.717) is 0 Å². The molecule has 1 unspecified atom stereocenters. The second-order valence-electron chi connectivity index (χ2n) is 5.11. The maximum absolute atomic E-state index is 11.2. The van der Waals surface area contributed by atoms with Gasteiger partial charge in [-0.3, -0.25) is 14.6 Å². The summed E-state index contributed by atoms with van der Waals surface area (Å²) in [6, 6.07) is -0.281. The minimum absolute atomic E-state index is 0.281. The molecule has 0 spiro atoms. The molecule has 0 bridgehead atoms. The summed E-state index contributed by atoms with van der Waals surface area (Å²) in [6.45, 7) is 7.27. The van der Waals surface area contributed by atoms with Crippen LogP contribution in [0.15, 0.2) is 0 Å². The maximum atomic E-state index is 11.2. The molecule has 6 heteroatoms. The lowest BCUT2D eigenvalue weighted by Crippen LogP contribution is -2.52. The Labute approximate surface area is 113 Å². The summed E-state index contributed by atoms with van der Waals surface area (Å²) in [5.41, 5.74) is 0. The third-order valence-corrected chi connectivity index (χ3v) is 4.85. The molecule has 2 aliphatic heterocycles. The van der Waals surface area contributed by atoms with Crippen molar-refractivity contribution in [2.24, 2.45) is 0 Å². The van der Waals surface area contributed by atoms with Gasteiger partial charge < -0.3 is 10.0 Å². The van der Waals surface area contributed by atoms with E-state index in [1.54, 1.807) is 11.8 Å². The van der Waals surface area contributed by atoms with Crippen LogP contribution in [0.2, 0.25) is 0 Å². The fourth-order valence-electron chi connectivity index (χ4n) is 2.47. The molecule has 5 nitrogen and oxygen atoms in total. The van der Waals surface area contributed by atoms with Crippen molar-refractivity contribution in [3.8, 4) is 0 Å². The standard InChI is InChI=1S/C12H23N3O2S/c1-13-2-4-14(5-3-13)6-7-15-8-9-18-10-11(15)12(16)17/h11H,2-10H2,1H3,(H,16,17). The molecule has 104 valence electrons. The Morgan fingerprint density at radius 2 is 1.94 bits per heavy atom. The van der Waals surface area contributed by atoms with Gasteiger partial charge in [0.15, 0.2) is 0 Å². The van der Waals surface area contributed by atoms with Gasteiger partial charge in [-0.2, -0.15) is 11.8 Å². The van der Waals surface area contributed by atoms with Crippen molar-refractivity contribution in [3.05, 3.63) is 0 Å². The largest absolute Gasteiger partial charge is 0.480 e. The van der Waals surface area contributed by atoms with Crippen molar-refractivity contribution < 1.29 is 9.90 Å². The van der Waals surface area contributed by atoms with Crippen molar-refractivity contribution in [1.82, 2.24) is 14.7 Å². The number of thioether (sulfide) groups is 1. The lowest BCUT2D eigenvalue weighted by Gasteiger charge is -2.36. The topological polar surface area (TPSA) is 47.0 Å². The van der Waals surface area contributed by atoms with Crippen LogP contribution in [0.1, 0.15) is 0 Å². The highest BCUT2D eigenvalue weighted by Crippen LogP contribution is 2.16. The average Bonchev–Trinajstić information content (AvgIpc) is 2.38. The number of hydrogen-bond acceptors (Lipinski definition) is 5.